The predicted molar refractivity (Wildman–Crippen MR) is 74.4 cm³/mol. The van der Waals surface area contributed by atoms with Crippen molar-refractivity contribution in [2.75, 3.05) is 0 Å². The lowest BCUT2D eigenvalue weighted by Gasteiger charge is -2.35. The summed E-state index contributed by atoms with van der Waals surface area (Å²) < 4.78 is 0. The lowest BCUT2D eigenvalue weighted by Crippen LogP contribution is -2.37. The normalized spacial score (nSPS) is 26.1. The van der Waals surface area contributed by atoms with Crippen LogP contribution in [0.15, 0.2) is 30.3 Å². The van der Waals surface area contributed by atoms with E-state index in [0.717, 1.165) is 19.3 Å². The van der Waals surface area contributed by atoms with E-state index in [1.165, 1.54) is 5.56 Å². The van der Waals surface area contributed by atoms with Gasteiger partial charge >= 0.3 is 11.9 Å². The second-order valence-electron chi connectivity index (χ2n) is 5.79. The molecule has 0 bridgehead atoms. The molecular formula is C16H20O4. The Balaban J connectivity index is 1.96. The van der Waals surface area contributed by atoms with E-state index in [4.69, 9.17) is 5.11 Å². The molecule has 4 heteroatoms. The molecule has 1 aliphatic carbocycles. The summed E-state index contributed by atoms with van der Waals surface area (Å²) in [6, 6.07) is 10.1. The average molecular weight is 276 g/mol. The molecule has 2 rings (SSSR count). The number of rotatable bonds is 5. The Hall–Kier alpha value is -1.84. The van der Waals surface area contributed by atoms with E-state index in [2.05, 4.69) is 12.1 Å². The van der Waals surface area contributed by atoms with E-state index in [1.54, 1.807) is 0 Å². The summed E-state index contributed by atoms with van der Waals surface area (Å²) in [5.41, 5.74) is 0.206. The Labute approximate surface area is 118 Å². The molecule has 1 aliphatic rings. The zero-order chi connectivity index (χ0) is 14.6. The second kappa shape index (κ2) is 6.07. The molecule has 0 spiro atoms. The molecule has 0 unspecified atom stereocenters. The molecule has 0 saturated heterocycles. The highest BCUT2D eigenvalue weighted by atomic mass is 16.4. The number of carboxylic acids is 2. The van der Waals surface area contributed by atoms with Crippen molar-refractivity contribution in [3.05, 3.63) is 35.9 Å². The van der Waals surface area contributed by atoms with E-state index < -0.39 is 17.4 Å². The number of aliphatic carboxylic acids is 2. The van der Waals surface area contributed by atoms with Gasteiger partial charge in [0, 0.05) is 0 Å². The number of benzene rings is 1. The monoisotopic (exact) mass is 276 g/mol. The number of carbonyl (C=O) groups is 2. The standard InChI is InChI=1S/C16H20O4/c17-14(18)11-16(15(19)20)8-6-13(7-9-16)10-12-4-2-1-3-5-12/h1-5,13H,6-11H2,(H,17,18)(H,19,20). The first-order valence-electron chi connectivity index (χ1n) is 7.01. The average Bonchev–Trinajstić information content (AvgIpc) is 2.41. The fourth-order valence-electron chi connectivity index (χ4n) is 3.14. The molecule has 0 aromatic heterocycles. The van der Waals surface area contributed by atoms with Crippen molar-refractivity contribution in [2.24, 2.45) is 11.3 Å². The Morgan fingerprint density at radius 2 is 1.70 bits per heavy atom. The Morgan fingerprint density at radius 3 is 2.20 bits per heavy atom. The first kappa shape index (κ1) is 14.6. The minimum atomic E-state index is -1.06. The van der Waals surface area contributed by atoms with Gasteiger partial charge in [0.05, 0.1) is 11.8 Å². The Kier molecular flexibility index (Phi) is 4.42. The van der Waals surface area contributed by atoms with Crippen LogP contribution in [0.3, 0.4) is 0 Å². The van der Waals surface area contributed by atoms with Gasteiger partial charge in [0.1, 0.15) is 0 Å². The van der Waals surface area contributed by atoms with Gasteiger partial charge in [-0.25, -0.2) is 0 Å². The molecule has 2 N–H and O–H groups in total. The maximum Gasteiger partial charge on any atom is 0.310 e. The molecule has 1 aromatic carbocycles. The van der Waals surface area contributed by atoms with Crippen molar-refractivity contribution < 1.29 is 19.8 Å². The zero-order valence-corrected chi connectivity index (χ0v) is 11.4. The predicted octanol–water partition coefficient (Wildman–Crippen LogP) is 2.97. The van der Waals surface area contributed by atoms with E-state index in [-0.39, 0.29) is 6.42 Å². The molecule has 108 valence electrons. The van der Waals surface area contributed by atoms with Crippen LogP contribution in [0, 0.1) is 11.3 Å². The van der Waals surface area contributed by atoms with Gasteiger partial charge in [-0.3, -0.25) is 9.59 Å². The van der Waals surface area contributed by atoms with E-state index in [1.807, 2.05) is 18.2 Å². The zero-order valence-electron chi connectivity index (χ0n) is 11.4. The van der Waals surface area contributed by atoms with Gasteiger partial charge in [-0.05, 0) is 43.6 Å². The lowest BCUT2D eigenvalue weighted by molar-refractivity contribution is -0.158. The first-order valence-corrected chi connectivity index (χ1v) is 7.01. The Morgan fingerprint density at radius 1 is 1.10 bits per heavy atom. The molecule has 0 aliphatic heterocycles. The van der Waals surface area contributed by atoms with Crippen LogP contribution < -0.4 is 0 Å². The number of hydrogen-bond acceptors (Lipinski definition) is 2. The first-order chi connectivity index (χ1) is 9.52. The van der Waals surface area contributed by atoms with Crippen molar-refractivity contribution >= 4 is 11.9 Å². The summed E-state index contributed by atoms with van der Waals surface area (Å²) >= 11 is 0. The quantitative estimate of drug-likeness (QED) is 0.867. The van der Waals surface area contributed by atoms with Crippen LogP contribution in [0.1, 0.15) is 37.7 Å². The molecule has 0 radical (unpaired) electrons. The molecule has 0 atom stereocenters. The van der Waals surface area contributed by atoms with Crippen LogP contribution in [-0.2, 0) is 16.0 Å². The largest absolute Gasteiger partial charge is 0.481 e. The van der Waals surface area contributed by atoms with Gasteiger partial charge in [0.25, 0.3) is 0 Å². The molecule has 4 nitrogen and oxygen atoms in total. The molecule has 1 saturated carbocycles. The van der Waals surface area contributed by atoms with Crippen LogP contribution in [0.5, 0.6) is 0 Å². The van der Waals surface area contributed by atoms with Gasteiger partial charge in [-0.1, -0.05) is 30.3 Å². The maximum absolute atomic E-state index is 11.4. The third kappa shape index (κ3) is 3.38. The van der Waals surface area contributed by atoms with Crippen LogP contribution in [0.25, 0.3) is 0 Å². The molecule has 20 heavy (non-hydrogen) atoms. The second-order valence-corrected chi connectivity index (χ2v) is 5.79. The van der Waals surface area contributed by atoms with Crippen LogP contribution in [0.2, 0.25) is 0 Å². The van der Waals surface area contributed by atoms with Crippen molar-refractivity contribution in [1.29, 1.82) is 0 Å². The molecular weight excluding hydrogens is 256 g/mol. The molecule has 1 fully saturated rings. The van der Waals surface area contributed by atoms with Gasteiger partial charge in [0.15, 0.2) is 0 Å². The highest BCUT2D eigenvalue weighted by Gasteiger charge is 2.43. The number of hydrogen-bond donors (Lipinski definition) is 2. The van der Waals surface area contributed by atoms with Crippen LogP contribution in [-0.4, -0.2) is 22.2 Å². The van der Waals surface area contributed by atoms with Gasteiger partial charge in [-0.2, -0.15) is 0 Å². The fourth-order valence-corrected chi connectivity index (χ4v) is 3.14. The molecule has 1 aromatic rings. The SMILES string of the molecule is O=C(O)CC1(C(=O)O)CCC(Cc2ccccc2)CC1. The minimum Gasteiger partial charge on any atom is -0.481 e. The summed E-state index contributed by atoms with van der Waals surface area (Å²) in [6.45, 7) is 0. The van der Waals surface area contributed by atoms with Gasteiger partial charge in [-0.15, -0.1) is 0 Å². The van der Waals surface area contributed by atoms with Gasteiger partial charge in [0.2, 0.25) is 0 Å². The lowest BCUT2D eigenvalue weighted by atomic mass is 9.67. The fraction of sp³-hybridized carbons (Fsp3) is 0.500. The van der Waals surface area contributed by atoms with Gasteiger partial charge < -0.3 is 10.2 Å². The summed E-state index contributed by atoms with van der Waals surface area (Å²) in [5.74, 6) is -1.52. The topological polar surface area (TPSA) is 74.6 Å². The Bertz CT molecular complexity index is 473. The van der Waals surface area contributed by atoms with Crippen molar-refractivity contribution in [1.82, 2.24) is 0 Å². The van der Waals surface area contributed by atoms with Crippen molar-refractivity contribution in [3.8, 4) is 0 Å². The summed E-state index contributed by atoms with van der Waals surface area (Å²) in [6.07, 6.45) is 3.19. The maximum atomic E-state index is 11.4. The highest BCUT2D eigenvalue weighted by molar-refractivity contribution is 5.81. The summed E-state index contributed by atoms with van der Waals surface area (Å²) in [7, 11) is 0. The van der Waals surface area contributed by atoms with Crippen LogP contribution in [0.4, 0.5) is 0 Å². The number of carboxylic acid groups (broad SMARTS) is 2. The minimum absolute atomic E-state index is 0.264. The molecule has 0 amide bonds. The van der Waals surface area contributed by atoms with Crippen LogP contribution >= 0.6 is 0 Å². The molecule has 0 heterocycles. The van der Waals surface area contributed by atoms with E-state index in [9.17, 15) is 14.7 Å². The smallest absolute Gasteiger partial charge is 0.310 e. The van der Waals surface area contributed by atoms with E-state index >= 15 is 0 Å². The summed E-state index contributed by atoms with van der Waals surface area (Å²) in [5, 5.41) is 18.3. The third-order valence-electron chi connectivity index (χ3n) is 4.37. The van der Waals surface area contributed by atoms with E-state index in [0.29, 0.717) is 18.8 Å². The third-order valence-corrected chi connectivity index (χ3v) is 4.37. The van der Waals surface area contributed by atoms with Crippen molar-refractivity contribution in [2.45, 2.75) is 38.5 Å². The highest BCUT2D eigenvalue weighted by Crippen LogP contribution is 2.42. The summed E-state index contributed by atoms with van der Waals surface area (Å²) in [4.78, 5) is 22.3. The van der Waals surface area contributed by atoms with Crippen molar-refractivity contribution in [3.63, 3.8) is 0 Å².